The molecule has 19 heavy (non-hydrogen) atoms. The lowest BCUT2D eigenvalue weighted by Gasteiger charge is -2.05. The first-order valence-electron chi connectivity index (χ1n) is 5.55. The van der Waals surface area contributed by atoms with Crippen molar-refractivity contribution in [2.75, 3.05) is 5.32 Å². The molecule has 0 aromatic carbocycles. The first-order chi connectivity index (χ1) is 9.11. The van der Waals surface area contributed by atoms with E-state index in [2.05, 4.69) is 35.8 Å². The van der Waals surface area contributed by atoms with E-state index in [1.165, 1.54) is 6.20 Å². The molecule has 0 radical (unpaired) electrons. The molecule has 0 fully saturated rings. The number of nitrogens with one attached hydrogen (secondary N) is 1. The zero-order valence-corrected chi connectivity index (χ0v) is 13.1. The summed E-state index contributed by atoms with van der Waals surface area (Å²) in [7, 11) is 0. The first-order valence-corrected chi connectivity index (χ1v) is 7.50. The Labute approximate surface area is 127 Å². The zero-order chi connectivity index (χ0) is 13.8. The summed E-state index contributed by atoms with van der Waals surface area (Å²) in [5, 5.41) is 7.06. The molecule has 2 aromatic rings. The molecule has 5 nitrogen and oxygen atoms in total. The van der Waals surface area contributed by atoms with Gasteiger partial charge in [0.05, 0.1) is 22.1 Å². The average molecular weight is 362 g/mol. The van der Waals surface area contributed by atoms with Gasteiger partial charge in [0.1, 0.15) is 10.0 Å². The highest BCUT2D eigenvalue weighted by molar-refractivity contribution is 9.10. The van der Waals surface area contributed by atoms with Crippen LogP contribution in [0.25, 0.3) is 0 Å². The molecular formula is C11H10BrClN4OS. The van der Waals surface area contributed by atoms with E-state index >= 15 is 0 Å². The van der Waals surface area contributed by atoms with Crippen LogP contribution < -0.4 is 5.32 Å². The number of anilines is 1. The van der Waals surface area contributed by atoms with E-state index in [0.717, 1.165) is 30.1 Å². The smallest absolute Gasteiger partial charge is 0.269 e. The van der Waals surface area contributed by atoms with Crippen LogP contribution in [0.15, 0.2) is 16.7 Å². The predicted molar refractivity (Wildman–Crippen MR) is 78.8 cm³/mol. The van der Waals surface area contributed by atoms with Crippen LogP contribution in [0.4, 0.5) is 5.69 Å². The Hall–Kier alpha value is -1.05. The number of pyridine rings is 1. The van der Waals surface area contributed by atoms with Crippen LogP contribution >= 0.6 is 39.1 Å². The summed E-state index contributed by atoms with van der Waals surface area (Å²) in [6.07, 6.45) is 3.15. The Morgan fingerprint density at radius 1 is 1.58 bits per heavy atom. The van der Waals surface area contributed by atoms with Crippen LogP contribution in [0, 0.1) is 0 Å². The maximum absolute atomic E-state index is 12.1. The fraction of sp³-hybridized carbons (Fsp3) is 0.273. The Bertz CT molecular complexity index is 604. The van der Waals surface area contributed by atoms with Gasteiger partial charge in [-0.2, -0.15) is 0 Å². The molecule has 2 rings (SSSR count). The molecule has 1 amide bonds. The van der Waals surface area contributed by atoms with E-state index in [1.807, 2.05) is 6.92 Å². The minimum Gasteiger partial charge on any atom is -0.320 e. The first kappa shape index (κ1) is 14.4. The molecule has 8 heteroatoms. The Morgan fingerprint density at radius 2 is 2.37 bits per heavy atom. The summed E-state index contributed by atoms with van der Waals surface area (Å²) >= 11 is 10.1. The molecule has 0 unspecified atom stereocenters. The third kappa shape index (κ3) is 3.49. The number of aryl methyl sites for hydroxylation is 1. The Balaban J connectivity index is 2.16. The van der Waals surface area contributed by atoms with Crippen LogP contribution in [0.5, 0.6) is 0 Å². The minimum absolute atomic E-state index is 0.227. The van der Waals surface area contributed by atoms with Crippen molar-refractivity contribution in [2.45, 2.75) is 19.8 Å². The van der Waals surface area contributed by atoms with Gasteiger partial charge in [0, 0.05) is 0 Å². The lowest BCUT2D eigenvalue weighted by Crippen LogP contribution is -2.12. The van der Waals surface area contributed by atoms with Gasteiger partial charge in [0.25, 0.3) is 5.91 Å². The summed E-state index contributed by atoms with van der Waals surface area (Å²) < 4.78 is 4.45. The average Bonchev–Trinajstić information content (AvgIpc) is 2.83. The summed E-state index contributed by atoms with van der Waals surface area (Å²) in [5.41, 5.74) is 1.29. The van der Waals surface area contributed by atoms with Crippen molar-refractivity contribution in [1.82, 2.24) is 14.6 Å². The molecule has 0 aliphatic rings. The van der Waals surface area contributed by atoms with Crippen molar-refractivity contribution >= 4 is 50.7 Å². The molecule has 0 aliphatic heterocycles. The number of halogens is 2. The van der Waals surface area contributed by atoms with E-state index in [-0.39, 0.29) is 5.91 Å². The SMILES string of the molecule is CCCc1nnsc1C(=O)Nc1cnc(Cl)c(Br)c1. The standard InChI is InChI=1S/C11H10BrClN4OS/c1-2-3-8-9(19-17-16-8)11(18)15-6-4-7(12)10(13)14-5-6/h4-5H,2-3H2,1H3,(H,15,18). The Kier molecular flexibility index (Phi) is 4.84. The topological polar surface area (TPSA) is 67.8 Å². The molecular weight excluding hydrogens is 352 g/mol. The minimum atomic E-state index is -0.227. The lowest BCUT2D eigenvalue weighted by molar-refractivity contribution is 0.102. The summed E-state index contributed by atoms with van der Waals surface area (Å²) in [6, 6.07) is 1.70. The summed E-state index contributed by atoms with van der Waals surface area (Å²) in [6.45, 7) is 2.03. The number of amides is 1. The molecule has 0 saturated heterocycles. The lowest BCUT2D eigenvalue weighted by atomic mass is 10.2. The fourth-order valence-electron chi connectivity index (χ4n) is 1.46. The summed E-state index contributed by atoms with van der Waals surface area (Å²) in [4.78, 5) is 16.6. The van der Waals surface area contributed by atoms with E-state index in [0.29, 0.717) is 20.2 Å². The third-order valence-corrected chi connectivity index (χ3v) is 4.20. The van der Waals surface area contributed by atoms with Gasteiger partial charge in [-0.3, -0.25) is 4.79 Å². The molecule has 0 bridgehead atoms. The van der Waals surface area contributed by atoms with Gasteiger partial charge in [-0.05, 0) is 39.9 Å². The molecule has 0 aliphatic carbocycles. The quantitative estimate of drug-likeness (QED) is 0.846. The molecule has 2 aromatic heterocycles. The highest BCUT2D eigenvalue weighted by atomic mass is 79.9. The maximum Gasteiger partial charge on any atom is 0.269 e. The number of carbonyl (C=O) groups is 1. The second-order valence-corrected chi connectivity index (χ2v) is 5.72. The summed E-state index contributed by atoms with van der Waals surface area (Å²) in [5.74, 6) is -0.227. The van der Waals surface area contributed by atoms with Gasteiger partial charge in [-0.25, -0.2) is 4.98 Å². The number of hydrogen-bond acceptors (Lipinski definition) is 5. The van der Waals surface area contributed by atoms with Crippen LogP contribution in [0.2, 0.25) is 5.15 Å². The van der Waals surface area contributed by atoms with Crippen LogP contribution in [-0.4, -0.2) is 20.5 Å². The van der Waals surface area contributed by atoms with Crippen molar-refractivity contribution in [3.8, 4) is 0 Å². The molecule has 0 spiro atoms. The van der Waals surface area contributed by atoms with Gasteiger partial charge in [0.15, 0.2) is 0 Å². The fourth-order valence-corrected chi connectivity index (χ4v) is 2.51. The molecule has 1 N–H and O–H groups in total. The van der Waals surface area contributed by atoms with E-state index < -0.39 is 0 Å². The number of hydrogen-bond donors (Lipinski definition) is 1. The highest BCUT2D eigenvalue weighted by Gasteiger charge is 2.16. The van der Waals surface area contributed by atoms with Gasteiger partial charge < -0.3 is 5.32 Å². The van der Waals surface area contributed by atoms with Gasteiger partial charge in [0.2, 0.25) is 0 Å². The molecule has 0 atom stereocenters. The van der Waals surface area contributed by atoms with Crippen molar-refractivity contribution in [3.63, 3.8) is 0 Å². The zero-order valence-electron chi connectivity index (χ0n) is 9.98. The van der Waals surface area contributed by atoms with Crippen LogP contribution in [0.1, 0.15) is 28.7 Å². The largest absolute Gasteiger partial charge is 0.320 e. The molecule has 100 valence electrons. The maximum atomic E-state index is 12.1. The van der Waals surface area contributed by atoms with Crippen molar-refractivity contribution in [3.05, 3.63) is 32.5 Å². The monoisotopic (exact) mass is 360 g/mol. The number of nitrogens with zero attached hydrogens (tertiary/aromatic N) is 3. The second kappa shape index (κ2) is 6.40. The van der Waals surface area contributed by atoms with Crippen molar-refractivity contribution < 1.29 is 4.79 Å². The van der Waals surface area contributed by atoms with Gasteiger partial charge >= 0.3 is 0 Å². The van der Waals surface area contributed by atoms with E-state index in [4.69, 9.17) is 11.6 Å². The predicted octanol–water partition coefficient (Wildman–Crippen LogP) is 3.55. The van der Waals surface area contributed by atoms with Crippen molar-refractivity contribution in [1.29, 1.82) is 0 Å². The second-order valence-electron chi connectivity index (χ2n) is 3.75. The van der Waals surface area contributed by atoms with Gasteiger partial charge in [-0.1, -0.05) is 29.4 Å². The van der Waals surface area contributed by atoms with Crippen LogP contribution in [-0.2, 0) is 6.42 Å². The highest BCUT2D eigenvalue weighted by Crippen LogP contribution is 2.23. The third-order valence-electron chi connectivity index (χ3n) is 2.30. The molecule has 2 heterocycles. The number of rotatable bonds is 4. The van der Waals surface area contributed by atoms with E-state index in [9.17, 15) is 4.79 Å². The normalized spacial score (nSPS) is 10.5. The number of aromatic nitrogens is 3. The molecule has 0 saturated carbocycles. The van der Waals surface area contributed by atoms with Gasteiger partial charge in [-0.15, -0.1) is 5.10 Å². The Morgan fingerprint density at radius 3 is 3.05 bits per heavy atom. The van der Waals surface area contributed by atoms with Crippen molar-refractivity contribution in [2.24, 2.45) is 0 Å². The van der Waals surface area contributed by atoms with Crippen LogP contribution in [0.3, 0.4) is 0 Å². The van der Waals surface area contributed by atoms with E-state index in [1.54, 1.807) is 6.07 Å². The number of carbonyl (C=O) groups excluding carboxylic acids is 1.